The van der Waals surface area contributed by atoms with Gasteiger partial charge in [-0.15, -0.1) is 0 Å². The standard InChI is InChI=1S/C16H26N2O/c1-12(17)15(16(2,3)4)18-9-10-19-14-8-6-5-7-13(14)11-18/h5-8,12,15H,9-11,17H2,1-4H3. The highest BCUT2D eigenvalue weighted by Crippen LogP contribution is 2.31. The molecule has 2 N–H and O–H groups in total. The van der Waals surface area contributed by atoms with Crippen LogP contribution in [0.25, 0.3) is 0 Å². The fraction of sp³-hybridized carbons (Fsp3) is 0.625. The van der Waals surface area contributed by atoms with E-state index >= 15 is 0 Å². The molecule has 0 saturated carbocycles. The summed E-state index contributed by atoms with van der Waals surface area (Å²) in [5.74, 6) is 1.02. The van der Waals surface area contributed by atoms with Gasteiger partial charge >= 0.3 is 0 Å². The van der Waals surface area contributed by atoms with Crippen LogP contribution in [0.1, 0.15) is 33.3 Å². The molecule has 106 valence electrons. The number of fused-ring (bicyclic) bond motifs is 1. The zero-order valence-electron chi connectivity index (χ0n) is 12.5. The molecule has 0 saturated heterocycles. The highest BCUT2D eigenvalue weighted by Gasteiger charge is 2.34. The Kier molecular flexibility index (Phi) is 4.16. The summed E-state index contributed by atoms with van der Waals surface area (Å²) in [4.78, 5) is 2.47. The van der Waals surface area contributed by atoms with E-state index in [-0.39, 0.29) is 11.5 Å². The van der Waals surface area contributed by atoms with Crippen molar-refractivity contribution in [1.82, 2.24) is 4.90 Å². The van der Waals surface area contributed by atoms with Crippen LogP contribution in [-0.4, -0.2) is 30.1 Å². The van der Waals surface area contributed by atoms with Gasteiger partial charge in [0.05, 0.1) is 0 Å². The molecular weight excluding hydrogens is 236 g/mol. The van der Waals surface area contributed by atoms with Crippen molar-refractivity contribution in [1.29, 1.82) is 0 Å². The molecule has 0 aromatic heterocycles. The molecule has 0 fully saturated rings. The maximum atomic E-state index is 6.24. The van der Waals surface area contributed by atoms with Crippen molar-refractivity contribution in [3.63, 3.8) is 0 Å². The quantitative estimate of drug-likeness (QED) is 0.890. The van der Waals surface area contributed by atoms with Gasteiger partial charge in [0.15, 0.2) is 0 Å². The Bertz CT molecular complexity index is 423. The van der Waals surface area contributed by atoms with Crippen molar-refractivity contribution < 1.29 is 4.74 Å². The number of para-hydroxylation sites is 1. The van der Waals surface area contributed by atoms with Gasteiger partial charge in [0, 0.05) is 30.7 Å². The Morgan fingerprint density at radius 3 is 2.58 bits per heavy atom. The number of nitrogens with two attached hydrogens (primary N) is 1. The van der Waals surface area contributed by atoms with E-state index < -0.39 is 0 Å². The lowest BCUT2D eigenvalue weighted by Crippen LogP contribution is -2.53. The first-order chi connectivity index (χ1) is 8.89. The molecule has 0 bridgehead atoms. The molecule has 19 heavy (non-hydrogen) atoms. The molecule has 3 nitrogen and oxygen atoms in total. The van der Waals surface area contributed by atoms with E-state index in [2.05, 4.69) is 50.8 Å². The van der Waals surface area contributed by atoms with Gasteiger partial charge in [-0.2, -0.15) is 0 Å². The Labute approximate surface area is 116 Å². The van der Waals surface area contributed by atoms with Crippen molar-refractivity contribution >= 4 is 0 Å². The van der Waals surface area contributed by atoms with Gasteiger partial charge in [-0.3, -0.25) is 4.90 Å². The van der Waals surface area contributed by atoms with Crippen molar-refractivity contribution in [2.75, 3.05) is 13.2 Å². The smallest absolute Gasteiger partial charge is 0.123 e. The van der Waals surface area contributed by atoms with Crippen LogP contribution in [0.5, 0.6) is 5.75 Å². The molecule has 3 heteroatoms. The van der Waals surface area contributed by atoms with Gasteiger partial charge in [0.25, 0.3) is 0 Å². The second kappa shape index (κ2) is 5.51. The third-order valence-electron chi connectivity index (χ3n) is 3.76. The lowest BCUT2D eigenvalue weighted by Gasteiger charge is -2.42. The Balaban J connectivity index is 2.26. The van der Waals surface area contributed by atoms with Crippen LogP contribution in [0.4, 0.5) is 0 Å². The van der Waals surface area contributed by atoms with Crippen LogP contribution >= 0.6 is 0 Å². The summed E-state index contributed by atoms with van der Waals surface area (Å²) < 4.78 is 5.84. The lowest BCUT2D eigenvalue weighted by atomic mass is 9.81. The van der Waals surface area contributed by atoms with E-state index in [4.69, 9.17) is 10.5 Å². The summed E-state index contributed by atoms with van der Waals surface area (Å²) in [5.41, 5.74) is 7.66. The van der Waals surface area contributed by atoms with Crippen molar-refractivity contribution in [2.45, 2.75) is 46.3 Å². The molecule has 2 atom stereocenters. The molecule has 0 radical (unpaired) electrons. The molecule has 0 aliphatic carbocycles. The minimum atomic E-state index is 0.144. The first kappa shape index (κ1) is 14.4. The van der Waals surface area contributed by atoms with E-state index in [0.29, 0.717) is 6.04 Å². The van der Waals surface area contributed by atoms with Crippen molar-refractivity contribution in [3.05, 3.63) is 29.8 Å². The molecule has 1 heterocycles. The number of hydrogen-bond donors (Lipinski definition) is 1. The van der Waals surface area contributed by atoms with Gasteiger partial charge in [0.2, 0.25) is 0 Å². The highest BCUT2D eigenvalue weighted by atomic mass is 16.5. The van der Waals surface area contributed by atoms with Gasteiger partial charge < -0.3 is 10.5 Å². The second-order valence-corrected chi connectivity index (χ2v) is 6.60. The summed E-state index contributed by atoms with van der Waals surface area (Å²) in [6, 6.07) is 8.79. The molecule has 1 aromatic carbocycles. The zero-order chi connectivity index (χ0) is 14.0. The topological polar surface area (TPSA) is 38.5 Å². The minimum Gasteiger partial charge on any atom is -0.492 e. The molecule has 2 unspecified atom stereocenters. The summed E-state index contributed by atoms with van der Waals surface area (Å²) >= 11 is 0. The van der Waals surface area contributed by atoms with Crippen molar-refractivity contribution in [2.24, 2.45) is 11.1 Å². The molecule has 1 aliphatic heterocycles. The summed E-state index contributed by atoms with van der Waals surface area (Å²) in [7, 11) is 0. The summed E-state index contributed by atoms with van der Waals surface area (Å²) in [6.45, 7) is 11.5. The van der Waals surface area contributed by atoms with Crippen LogP contribution in [0, 0.1) is 5.41 Å². The van der Waals surface area contributed by atoms with E-state index in [1.165, 1.54) is 5.56 Å². The van der Waals surface area contributed by atoms with Gasteiger partial charge in [-0.25, -0.2) is 0 Å². The minimum absolute atomic E-state index is 0.144. The first-order valence-corrected chi connectivity index (χ1v) is 7.10. The number of ether oxygens (including phenoxy) is 1. The third kappa shape index (κ3) is 3.28. The summed E-state index contributed by atoms with van der Waals surface area (Å²) in [5, 5.41) is 0. The van der Waals surface area contributed by atoms with Gasteiger partial charge in [-0.1, -0.05) is 39.0 Å². The van der Waals surface area contributed by atoms with Gasteiger partial charge in [0.1, 0.15) is 12.4 Å². The SMILES string of the molecule is CC(N)C(N1CCOc2ccccc2C1)C(C)(C)C. The zero-order valence-corrected chi connectivity index (χ0v) is 12.5. The van der Waals surface area contributed by atoms with Crippen LogP contribution in [0.3, 0.4) is 0 Å². The fourth-order valence-electron chi connectivity index (χ4n) is 3.25. The number of nitrogens with zero attached hydrogens (tertiary/aromatic N) is 1. The van der Waals surface area contributed by atoms with Crippen LogP contribution in [0.2, 0.25) is 0 Å². The maximum Gasteiger partial charge on any atom is 0.123 e. The first-order valence-electron chi connectivity index (χ1n) is 7.10. The molecule has 0 spiro atoms. The summed E-state index contributed by atoms with van der Waals surface area (Å²) in [6.07, 6.45) is 0. The normalized spacial score (nSPS) is 20.1. The van der Waals surface area contributed by atoms with E-state index in [0.717, 1.165) is 25.4 Å². The average molecular weight is 262 g/mol. The molecule has 1 aliphatic rings. The van der Waals surface area contributed by atoms with Crippen molar-refractivity contribution in [3.8, 4) is 5.75 Å². The molecule has 1 aromatic rings. The van der Waals surface area contributed by atoms with Crippen LogP contribution in [0.15, 0.2) is 24.3 Å². The Morgan fingerprint density at radius 2 is 1.95 bits per heavy atom. The monoisotopic (exact) mass is 262 g/mol. The van der Waals surface area contributed by atoms with E-state index in [9.17, 15) is 0 Å². The molecule has 2 rings (SSSR count). The van der Waals surface area contributed by atoms with E-state index in [1.807, 2.05) is 6.07 Å². The largest absolute Gasteiger partial charge is 0.492 e. The Hall–Kier alpha value is -1.06. The number of benzene rings is 1. The molecular formula is C16H26N2O. The Morgan fingerprint density at radius 1 is 1.26 bits per heavy atom. The lowest BCUT2D eigenvalue weighted by molar-refractivity contribution is 0.0701. The van der Waals surface area contributed by atoms with Crippen LogP contribution < -0.4 is 10.5 Å². The second-order valence-electron chi connectivity index (χ2n) is 6.60. The maximum absolute atomic E-state index is 6.24. The van der Waals surface area contributed by atoms with E-state index in [1.54, 1.807) is 0 Å². The fourth-order valence-corrected chi connectivity index (χ4v) is 3.25. The average Bonchev–Trinajstić information content (AvgIpc) is 2.48. The number of hydrogen-bond acceptors (Lipinski definition) is 3. The third-order valence-corrected chi connectivity index (χ3v) is 3.76. The predicted molar refractivity (Wildman–Crippen MR) is 79.2 cm³/mol. The highest BCUT2D eigenvalue weighted by molar-refractivity contribution is 5.33. The van der Waals surface area contributed by atoms with Crippen LogP contribution in [-0.2, 0) is 6.54 Å². The van der Waals surface area contributed by atoms with Gasteiger partial charge in [-0.05, 0) is 18.4 Å². The number of rotatable bonds is 2. The predicted octanol–water partition coefficient (Wildman–Crippen LogP) is 2.64. The molecule has 0 amide bonds.